The van der Waals surface area contributed by atoms with E-state index in [9.17, 15) is 0 Å². The highest BCUT2D eigenvalue weighted by Gasteiger charge is 2.51. The average molecular weight is 555 g/mol. The normalized spacial score (nSPS) is 18.3. The van der Waals surface area contributed by atoms with Crippen molar-refractivity contribution < 1.29 is 9.31 Å². The van der Waals surface area contributed by atoms with E-state index >= 15 is 0 Å². The lowest BCUT2D eigenvalue weighted by atomic mass is 9.78. The second kappa shape index (κ2) is 9.28. The van der Waals surface area contributed by atoms with Crippen LogP contribution in [0.3, 0.4) is 0 Å². The minimum absolute atomic E-state index is 0.282. The molecule has 2 aromatic heterocycles. The van der Waals surface area contributed by atoms with E-state index in [-0.39, 0.29) is 23.6 Å². The number of nitrogens with zero attached hydrogens (tertiary/aromatic N) is 5. The molecule has 0 radical (unpaired) electrons. The average Bonchev–Trinajstić information content (AvgIpc) is 3.00. The van der Waals surface area contributed by atoms with Crippen LogP contribution < -0.4 is 10.4 Å². The fraction of sp³-hybridized carbons (Fsp3) is 0.360. The van der Waals surface area contributed by atoms with Crippen LogP contribution in [0, 0.1) is 0 Å². The van der Waals surface area contributed by atoms with Crippen LogP contribution in [0.25, 0.3) is 21.8 Å². The van der Waals surface area contributed by atoms with Crippen molar-refractivity contribution in [3.05, 3.63) is 58.5 Å². The molecule has 6 rings (SSSR count). The van der Waals surface area contributed by atoms with Gasteiger partial charge in [0.05, 0.1) is 22.2 Å². The van der Waals surface area contributed by atoms with Gasteiger partial charge in [0.1, 0.15) is 0 Å². The van der Waals surface area contributed by atoms with Crippen molar-refractivity contribution >= 4 is 67.9 Å². The monoisotopic (exact) mass is 553 g/mol. The van der Waals surface area contributed by atoms with Gasteiger partial charge < -0.3 is 14.2 Å². The molecule has 0 aliphatic carbocycles. The molecule has 4 heterocycles. The number of hydrogen-bond donors (Lipinski definition) is 0. The molecule has 10 heteroatoms. The Morgan fingerprint density at radius 2 is 1.51 bits per heavy atom. The molecule has 0 spiro atoms. The first kappa shape index (κ1) is 24.4. The maximum absolute atomic E-state index is 6.12. The van der Waals surface area contributed by atoms with Gasteiger partial charge in [0.15, 0.2) is 0 Å². The first-order valence-electron chi connectivity index (χ1n) is 11.6. The zero-order chi connectivity index (χ0) is 24.8. The smallest absolute Gasteiger partial charge is 0.399 e. The number of rotatable bonds is 2. The molecule has 0 bridgehead atoms. The molecule has 0 atom stereocenters. The van der Waals surface area contributed by atoms with Crippen molar-refractivity contribution in [2.45, 2.75) is 45.3 Å². The summed E-state index contributed by atoms with van der Waals surface area (Å²) in [4.78, 5) is 19.3. The summed E-state index contributed by atoms with van der Waals surface area (Å²) in [5.41, 5.74) is 2.17. The van der Waals surface area contributed by atoms with Gasteiger partial charge in [-0.1, -0.05) is 28.1 Å². The summed E-state index contributed by atoms with van der Waals surface area (Å²) >= 11 is 8.99. The van der Waals surface area contributed by atoms with E-state index in [0.717, 1.165) is 50.8 Å². The quantitative estimate of drug-likeness (QED) is 0.250. The Labute approximate surface area is 218 Å². The molecule has 7 nitrogen and oxygen atoms in total. The zero-order valence-electron chi connectivity index (χ0n) is 20.1. The zero-order valence-corrected chi connectivity index (χ0v) is 22.5. The third kappa shape index (κ3) is 5.00. The van der Waals surface area contributed by atoms with Crippen LogP contribution in [0.1, 0.15) is 34.1 Å². The van der Waals surface area contributed by atoms with Crippen LogP contribution >= 0.6 is 27.5 Å². The molecule has 4 aromatic rings. The van der Waals surface area contributed by atoms with E-state index < -0.39 is 0 Å². The Bertz CT molecular complexity index is 1340. The van der Waals surface area contributed by atoms with Gasteiger partial charge in [0.2, 0.25) is 11.2 Å². The molecule has 35 heavy (non-hydrogen) atoms. The fourth-order valence-electron chi connectivity index (χ4n) is 3.82. The van der Waals surface area contributed by atoms with E-state index in [4.69, 9.17) is 20.9 Å². The molecule has 0 N–H and O–H groups in total. The van der Waals surface area contributed by atoms with Gasteiger partial charge in [-0.25, -0.2) is 19.9 Å². The molecular weight excluding hydrogens is 528 g/mol. The Balaban J connectivity index is 0.000000178. The topological polar surface area (TPSA) is 73.3 Å². The predicted molar refractivity (Wildman–Crippen MR) is 144 cm³/mol. The number of anilines is 1. The number of fused-ring (bicyclic) bond motifs is 2. The largest absolute Gasteiger partial charge is 0.494 e. The summed E-state index contributed by atoms with van der Waals surface area (Å²) in [5.74, 6) is 0.826. The molecule has 2 aliphatic heterocycles. The van der Waals surface area contributed by atoms with Crippen molar-refractivity contribution in [2.24, 2.45) is 0 Å². The molecule has 180 valence electrons. The van der Waals surface area contributed by atoms with Crippen LogP contribution in [-0.2, 0) is 9.31 Å². The number of hydrogen-bond acceptors (Lipinski definition) is 7. The van der Waals surface area contributed by atoms with Gasteiger partial charge in [0.25, 0.3) is 0 Å². The minimum Gasteiger partial charge on any atom is -0.399 e. The number of halogens is 2. The van der Waals surface area contributed by atoms with Crippen LogP contribution in [0.5, 0.6) is 0 Å². The molecular formula is C25H26BBrClN5O2. The number of benzene rings is 2. The predicted octanol–water partition coefficient (Wildman–Crippen LogP) is 5.18. The van der Waals surface area contributed by atoms with E-state index in [0.29, 0.717) is 0 Å². The Morgan fingerprint density at radius 1 is 0.886 bits per heavy atom. The third-order valence-corrected chi connectivity index (χ3v) is 7.44. The summed E-state index contributed by atoms with van der Waals surface area (Å²) in [7, 11) is -0.348. The van der Waals surface area contributed by atoms with Crippen LogP contribution in [-0.4, -0.2) is 51.3 Å². The highest BCUT2D eigenvalue weighted by molar-refractivity contribution is 9.10. The van der Waals surface area contributed by atoms with Gasteiger partial charge in [-0.15, -0.1) is 0 Å². The van der Waals surface area contributed by atoms with Crippen molar-refractivity contribution in [2.75, 3.05) is 18.0 Å². The van der Waals surface area contributed by atoms with Crippen LogP contribution in [0.4, 0.5) is 5.95 Å². The van der Waals surface area contributed by atoms with E-state index in [1.54, 1.807) is 6.20 Å². The van der Waals surface area contributed by atoms with Gasteiger partial charge in [-0.3, -0.25) is 0 Å². The molecule has 0 unspecified atom stereocenters. The van der Waals surface area contributed by atoms with E-state index in [2.05, 4.69) is 74.5 Å². The lowest BCUT2D eigenvalue weighted by Crippen LogP contribution is -2.41. The highest BCUT2D eigenvalue weighted by atomic mass is 79.9. The Kier molecular flexibility index (Phi) is 6.46. The van der Waals surface area contributed by atoms with Gasteiger partial charge in [-0.2, -0.15) is 0 Å². The summed E-state index contributed by atoms with van der Waals surface area (Å²) in [5, 5.41) is 2.28. The molecule has 2 fully saturated rings. The van der Waals surface area contributed by atoms with E-state index in [1.807, 2.05) is 36.5 Å². The minimum atomic E-state index is -0.348. The standard InChI is InChI=1S/C17H22BN3O2.C8H4BrClN2/c1-16(2)17(3,4)23-18(22-16)13-6-7-14-12(10-13)11-19-15(20-14)21-8-5-9-21;9-6-1-2-7-5(3-6)4-11-8(10)12-7/h6-7,10-11H,5,8-9H2,1-4H3;1-4H. The van der Waals surface area contributed by atoms with Gasteiger partial charge in [0, 0.05) is 40.7 Å². The van der Waals surface area contributed by atoms with Gasteiger partial charge in [-0.05, 0) is 75.4 Å². The summed E-state index contributed by atoms with van der Waals surface area (Å²) in [6.07, 6.45) is 4.82. The first-order chi connectivity index (χ1) is 16.6. The molecule has 0 amide bonds. The van der Waals surface area contributed by atoms with Crippen molar-refractivity contribution in [3.8, 4) is 0 Å². The van der Waals surface area contributed by atoms with Crippen molar-refractivity contribution in [1.29, 1.82) is 0 Å². The lowest BCUT2D eigenvalue weighted by molar-refractivity contribution is 0.00578. The SMILES string of the molecule is CC1(C)OB(c2ccc3nc(N4CCC4)ncc3c2)OC1(C)C.Clc1ncc2cc(Br)ccc2n1. The lowest BCUT2D eigenvalue weighted by Gasteiger charge is -2.32. The summed E-state index contributed by atoms with van der Waals surface area (Å²) in [6.45, 7) is 10.4. The summed E-state index contributed by atoms with van der Waals surface area (Å²) < 4.78 is 13.2. The fourth-order valence-corrected chi connectivity index (χ4v) is 4.34. The van der Waals surface area contributed by atoms with Crippen LogP contribution in [0.2, 0.25) is 5.28 Å². The second-order valence-electron chi connectivity index (χ2n) is 9.76. The van der Waals surface area contributed by atoms with Crippen molar-refractivity contribution in [3.63, 3.8) is 0 Å². The van der Waals surface area contributed by atoms with E-state index in [1.165, 1.54) is 6.42 Å². The van der Waals surface area contributed by atoms with Crippen molar-refractivity contribution in [1.82, 2.24) is 19.9 Å². The van der Waals surface area contributed by atoms with Crippen LogP contribution in [0.15, 0.2) is 53.3 Å². The third-order valence-electron chi connectivity index (χ3n) is 6.77. The second-order valence-corrected chi connectivity index (χ2v) is 11.0. The molecule has 2 saturated heterocycles. The van der Waals surface area contributed by atoms with Gasteiger partial charge >= 0.3 is 7.12 Å². The Morgan fingerprint density at radius 3 is 2.20 bits per heavy atom. The molecule has 0 saturated carbocycles. The summed E-state index contributed by atoms with van der Waals surface area (Å²) in [6, 6.07) is 11.9. The molecule has 2 aliphatic rings. The Hall–Kier alpha value is -2.33. The maximum Gasteiger partial charge on any atom is 0.494 e. The highest BCUT2D eigenvalue weighted by Crippen LogP contribution is 2.36. The first-order valence-corrected chi connectivity index (χ1v) is 12.7. The molecule has 2 aromatic carbocycles. The maximum atomic E-state index is 6.12. The number of aromatic nitrogens is 4.